The van der Waals surface area contributed by atoms with Gasteiger partial charge in [-0.3, -0.25) is 4.79 Å². The molecule has 3 aromatic carbocycles. The molecule has 0 bridgehead atoms. The predicted octanol–water partition coefficient (Wildman–Crippen LogP) is 7.46. The van der Waals surface area contributed by atoms with Crippen LogP contribution in [0.15, 0.2) is 89.7 Å². The lowest BCUT2D eigenvalue weighted by molar-refractivity contribution is -0.137. The van der Waals surface area contributed by atoms with Gasteiger partial charge in [-0.15, -0.1) is 0 Å². The van der Waals surface area contributed by atoms with Crippen LogP contribution in [0, 0.1) is 0 Å². The molecular formula is C41H50N4O6S. The number of aromatic nitrogens is 2. The van der Waals surface area contributed by atoms with E-state index in [0.717, 1.165) is 79.2 Å². The highest BCUT2D eigenvalue weighted by Crippen LogP contribution is 2.37. The summed E-state index contributed by atoms with van der Waals surface area (Å²) in [6, 6.07) is 21.6. The largest absolute Gasteiger partial charge is 0.611 e. The second kappa shape index (κ2) is 18.1. The van der Waals surface area contributed by atoms with Crippen LogP contribution in [0.2, 0.25) is 0 Å². The number of nitrogens with one attached hydrogen (secondary N) is 1. The van der Waals surface area contributed by atoms with Crippen LogP contribution in [-0.4, -0.2) is 71.9 Å². The van der Waals surface area contributed by atoms with E-state index in [4.69, 9.17) is 18.9 Å². The molecule has 6 rings (SSSR count). The molecule has 0 radical (unpaired) electrons. The molecule has 1 unspecified atom stereocenters. The first-order chi connectivity index (χ1) is 25.4. The number of unbranched alkanes of at least 4 members (excludes halogenated alkanes) is 1. The van der Waals surface area contributed by atoms with Gasteiger partial charge >= 0.3 is 0 Å². The second-order valence-corrected chi connectivity index (χ2v) is 14.7. The fraction of sp³-hybridized carbons (Fsp3) is 0.415. The van der Waals surface area contributed by atoms with Gasteiger partial charge in [-0.1, -0.05) is 38.5 Å². The Morgan fingerprint density at radius 1 is 1.00 bits per heavy atom. The molecule has 276 valence electrons. The van der Waals surface area contributed by atoms with Gasteiger partial charge in [0.2, 0.25) is 0 Å². The number of anilines is 2. The monoisotopic (exact) mass is 726 g/mol. The van der Waals surface area contributed by atoms with Gasteiger partial charge < -0.3 is 38.3 Å². The number of hydrogen-bond donors (Lipinski definition) is 1. The van der Waals surface area contributed by atoms with Crippen molar-refractivity contribution in [1.82, 2.24) is 9.55 Å². The molecule has 0 aliphatic carbocycles. The summed E-state index contributed by atoms with van der Waals surface area (Å²) in [6.45, 7) is 11.4. The summed E-state index contributed by atoms with van der Waals surface area (Å²) in [5.74, 6) is 0.395. The Balaban J connectivity index is 1.15. The number of ether oxygens (including phenoxy) is 4. The van der Waals surface area contributed by atoms with Crippen LogP contribution in [0.1, 0.15) is 57.7 Å². The van der Waals surface area contributed by atoms with Crippen LogP contribution in [-0.2, 0) is 42.5 Å². The SMILES string of the molecule is CCCCOCCOc1ccc(-c2ccc(N3CCC4(C3)OCCO4)c(/C=C(\C)C(=O)Nc3ccc([S+]([O-])Cc4cncn4CCC)cc3)c2)cc1. The number of amides is 1. The molecule has 2 saturated heterocycles. The Hall–Kier alpha value is -4.13. The normalized spacial score (nSPS) is 16.1. The van der Waals surface area contributed by atoms with Crippen LogP contribution in [0.4, 0.5) is 11.4 Å². The highest BCUT2D eigenvalue weighted by molar-refractivity contribution is 7.90. The topological polar surface area (TPSA) is 110 Å². The number of benzene rings is 3. The van der Waals surface area contributed by atoms with Crippen molar-refractivity contribution in [3.05, 3.63) is 96.1 Å². The summed E-state index contributed by atoms with van der Waals surface area (Å²) in [4.78, 5) is 20.7. The van der Waals surface area contributed by atoms with Crippen LogP contribution in [0.3, 0.4) is 0 Å². The third-order valence-corrected chi connectivity index (χ3v) is 10.7. The van der Waals surface area contributed by atoms with Crippen LogP contribution in [0.25, 0.3) is 17.2 Å². The lowest BCUT2D eigenvalue weighted by Crippen LogP contribution is -2.34. The minimum atomic E-state index is -1.23. The lowest BCUT2D eigenvalue weighted by Gasteiger charge is -2.25. The van der Waals surface area contributed by atoms with E-state index in [0.29, 0.717) is 54.9 Å². The standard InChI is InChI=1S/C41H50N4O6S/c1-4-6-20-48-21-22-49-37-12-7-32(8-13-37)33-9-16-39(44-19-17-41(29-44)50-23-24-51-41)34(26-33)25-31(3)40(46)43-35-10-14-38(15-11-35)52(47)28-36-27-42-30-45(36)18-5-2/h7-16,25-27,30H,4-6,17-24,28-29H2,1-3H3,(H,43,46)/b31-25+. The second-order valence-electron chi connectivity index (χ2n) is 13.3. The van der Waals surface area contributed by atoms with E-state index in [-0.39, 0.29) is 5.91 Å². The molecular weight excluding hydrogens is 677 g/mol. The minimum absolute atomic E-state index is 0.214. The van der Waals surface area contributed by atoms with Gasteiger partial charge in [-0.2, -0.15) is 0 Å². The van der Waals surface area contributed by atoms with Crippen molar-refractivity contribution in [3.63, 3.8) is 0 Å². The predicted molar refractivity (Wildman–Crippen MR) is 206 cm³/mol. The maximum atomic E-state index is 13.5. The lowest BCUT2D eigenvalue weighted by atomic mass is 9.99. The molecule has 2 fully saturated rings. The summed E-state index contributed by atoms with van der Waals surface area (Å²) in [5, 5.41) is 3.01. The molecule has 52 heavy (non-hydrogen) atoms. The van der Waals surface area contributed by atoms with Crippen LogP contribution in [0.5, 0.6) is 5.75 Å². The molecule has 3 heterocycles. The number of carbonyl (C=O) groups is 1. The summed E-state index contributed by atoms with van der Waals surface area (Å²) in [5.41, 5.74) is 6.15. The molecule has 10 nitrogen and oxygen atoms in total. The Bertz CT molecular complexity index is 1790. The van der Waals surface area contributed by atoms with E-state index >= 15 is 0 Å². The van der Waals surface area contributed by atoms with Crippen LogP contribution >= 0.6 is 0 Å². The summed E-state index contributed by atoms with van der Waals surface area (Å²) < 4.78 is 38.7. The van der Waals surface area contributed by atoms with Crippen molar-refractivity contribution >= 4 is 34.5 Å². The highest BCUT2D eigenvalue weighted by Gasteiger charge is 2.43. The van der Waals surface area contributed by atoms with Crippen molar-refractivity contribution in [3.8, 4) is 16.9 Å². The Kier molecular flexibility index (Phi) is 13.1. The molecule has 11 heteroatoms. The summed E-state index contributed by atoms with van der Waals surface area (Å²) in [7, 11) is 0. The van der Waals surface area contributed by atoms with E-state index in [2.05, 4.69) is 59.4 Å². The third-order valence-electron chi connectivity index (χ3n) is 9.35. The van der Waals surface area contributed by atoms with Crippen molar-refractivity contribution in [2.45, 2.75) is 69.4 Å². The maximum absolute atomic E-state index is 13.5. The first-order valence-corrected chi connectivity index (χ1v) is 19.6. The van der Waals surface area contributed by atoms with E-state index in [1.807, 2.05) is 29.7 Å². The van der Waals surface area contributed by atoms with Crippen molar-refractivity contribution < 1.29 is 28.3 Å². The first-order valence-electron chi connectivity index (χ1n) is 18.3. The van der Waals surface area contributed by atoms with E-state index < -0.39 is 17.0 Å². The third kappa shape index (κ3) is 9.64. The number of carbonyl (C=O) groups excluding carboxylic acids is 1. The molecule has 0 saturated carbocycles. The molecule has 1 atom stereocenters. The maximum Gasteiger partial charge on any atom is 0.251 e. The van der Waals surface area contributed by atoms with E-state index in [9.17, 15) is 9.35 Å². The van der Waals surface area contributed by atoms with Crippen molar-refractivity contribution in [2.24, 2.45) is 0 Å². The quantitative estimate of drug-likeness (QED) is 0.0679. The number of imidazole rings is 1. The molecule has 1 N–H and O–H groups in total. The molecule has 1 aromatic heterocycles. The van der Waals surface area contributed by atoms with Crippen molar-refractivity contribution in [1.29, 1.82) is 0 Å². The minimum Gasteiger partial charge on any atom is -0.611 e. The Morgan fingerprint density at radius 3 is 2.52 bits per heavy atom. The van der Waals surface area contributed by atoms with Gasteiger partial charge in [0.05, 0.1) is 44.6 Å². The summed E-state index contributed by atoms with van der Waals surface area (Å²) >= 11 is -1.23. The number of hydrogen-bond acceptors (Lipinski definition) is 8. The number of rotatable bonds is 17. The average Bonchev–Trinajstić information content (AvgIpc) is 3.92. The highest BCUT2D eigenvalue weighted by atomic mass is 32.2. The fourth-order valence-electron chi connectivity index (χ4n) is 6.49. The zero-order chi connectivity index (χ0) is 36.3. The Labute approximate surface area is 310 Å². The van der Waals surface area contributed by atoms with Crippen molar-refractivity contribution in [2.75, 3.05) is 56.3 Å². The van der Waals surface area contributed by atoms with Gasteiger partial charge in [0.1, 0.15) is 12.4 Å². The fourth-order valence-corrected chi connectivity index (χ4v) is 7.60. The first kappa shape index (κ1) is 37.6. The smallest absolute Gasteiger partial charge is 0.251 e. The molecule has 4 aromatic rings. The van der Waals surface area contributed by atoms with Gasteiger partial charge in [0.25, 0.3) is 5.91 Å². The van der Waals surface area contributed by atoms with Crippen LogP contribution < -0.4 is 15.0 Å². The molecule has 2 aliphatic heterocycles. The van der Waals surface area contributed by atoms with E-state index in [1.54, 1.807) is 36.8 Å². The van der Waals surface area contributed by atoms with Gasteiger partial charge in [0.15, 0.2) is 16.4 Å². The summed E-state index contributed by atoms with van der Waals surface area (Å²) in [6.07, 6.45) is 9.43. The Morgan fingerprint density at radius 2 is 1.77 bits per heavy atom. The van der Waals surface area contributed by atoms with Gasteiger partial charge in [-0.25, -0.2) is 4.98 Å². The number of nitrogens with zero attached hydrogens (tertiary/aromatic N) is 3. The zero-order valence-electron chi connectivity index (χ0n) is 30.5. The zero-order valence-corrected chi connectivity index (χ0v) is 31.3. The molecule has 1 spiro atoms. The number of aryl methyl sites for hydroxylation is 1. The molecule has 1 amide bonds. The average molecular weight is 727 g/mol. The van der Waals surface area contributed by atoms with E-state index in [1.165, 1.54) is 0 Å². The van der Waals surface area contributed by atoms with Gasteiger partial charge in [-0.05, 0) is 102 Å². The molecule has 2 aliphatic rings. The van der Waals surface area contributed by atoms with Gasteiger partial charge in [0, 0.05) is 43.1 Å².